The van der Waals surface area contributed by atoms with Gasteiger partial charge in [-0.2, -0.15) is 0 Å². The maximum atomic E-state index is 12.2. The van der Waals surface area contributed by atoms with Gasteiger partial charge in [0.2, 0.25) is 5.91 Å². The Morgan fingerprint density at radius 2 is 1.97 bits per heavy atom. The van der Waals surface area contributed by atoms with E-state index in [1.165, 1.54) is 12.7 Å². The summed E-state index contributed by atoms with van der Waals surface area (Å²) in [7, 11) is 3.82. The lowest BCUT2D eigenvalue weighted by Crippen LogP contribution is -2.28. The van der Waals surface area contributed by atoms with Crippen molar-refractivity contribution in [3.63, 3.8) is 0 Å². The van der Waals surface area contributed by atoms with Gasteiger partial charge < -0.3 is 24.5 Å². The molecule has 0 saturated heterocycles. The summed E-state index contributed by atoms with van der Waals surface area (Å²) in [5.74, 6) is -0.617. The van der Waals surface area contributed by atoms with Gasteiger partial charge in [-0.1, -0.05) is 0 Å². The van der Waals surface area contributed by atoms with Gasteiger partial charge in [0.1, 0.15) is 6.10 Å². The van der Waals surface area contributed by atoms with Crippen LogP contribution in [0.25, 0.3) is 11.2 Å². The molecule has 2 N–H and O–H groups in total. The molecule has 1 unspecified atom stereocenters. The molecule has 1 atom stereocenters. The molecule has 3 rings (SSSR count). The first-order valence-corrected chi connectivity index (χ1v) is 9.47. The second-order valence-corrected chi connectivity index (χ2v) is 7.20. The largest absolute Gasteiger partial charge is 0.458 e. The molecule has 0 aliphatic rings. The lowest BCUT2D eigenvalue weighted by atomic mass is 10.2. The highest BCUT2D eigenvalue weighted by Crippen LogP contribution is 2.12. The maximum Gasteiger partial charge on any atom is 0.338 e. The van der Waals surface area contributed by atoms with Gasteiger partial charge in [-0.15, -0.1) is 0 Å². The highest BCUT2D eigenvalue weighted by molar-refractivity contribution is 5.93. The highest BCUT2D eigenvalue weighted by Gasteiger charge is 2.13. The molecule has 0 saturated carbocycles. The van der Waals surface area contributed by atoms with Crippen LogP contribution in [0.4, 0.5) is 5.69 Å². The third-order valence-corrected chi connectivity index (χ3v) is 4.32. The first-order valence-electron chi connectivity index (χ1n) is 9.47. The van der Waals surface area contributed by atoms with Crippen LogP contribution in [0.3, 0.4) is 0 Å². The van der Waals surface area contributed by atoms with Gasteiger partial charge in [-0.3, -0.25) is 9.59 Å². The summed E-state index contributed by atoms with van der Waals surface area (Å²) in [4.78, 5) is 48.6. The number of rotatable bonds is 8. The van der Waals surface area contributed by atoms with Crippen LogP contribution in [0, 0.1) is 0 Å². The van der Waals surface area contributed by atoms with Crippen LogP contribution in [0.15, 0.2) is 41.7 Å². The average Bonchev–Trinajstić information content (AvgIpc) is 3.10. The first-order chi connectivity index (χ1) is 14.3. The Morgan fingerprint density at radius 1 is 1.23 bits per heavy atom. The van der Waals surface area contributed by atoms with E-state index in [-0.39, 0.29) is 29.5 Å². The van der Waals surface area contributed by atoms with Crippen molar-refractivity contribution >= 4 is 28.7 Å². The SMILES string of the molecule is CC(CN(C)C)OC(=O)c1ccc(NC(=O)CCn2cnc3c(=O)[nH]cnc32)cc1. The smallest absolute Gasteiger partial charge is 0.338 e. The van der Waals surface area contributed by atoms with Crippen LogP contribution >= 0.6 is 0 Å². The van der Waals surface area contributed by atoms with Crippen molar-refractivity contribution in [1.29, 1.82) is 0 Å². The van der Waals surface area contributed by atoms with Crippen LogP contribution < -0.4 is 10.9 Å². The van der Waals surface area contributed by atoms with Gasteiger partial charge >= 0.3 is 5.97 Å². The lowest BCUT2D eigenvalue weighted by Gasteiger charge is -2.17. The second-order valence-electron chi connectivity index (χ2n) is 7.20. The molecule has 0 radical (unpaired) electrons. The van der Waals surface area contributed by atoms with Crippen LogP contribution in [0.2, 0.25) is 0 Å². The molecule has 158 valence electrons. The lowest BCUT2D eigenvalue weighted by molar-refractivity contribution is -0.116. The number of ether oxygens (including phenoxy) is 1. The van der Waals surface area contributed by atoms with Gasteiger partial charge in [-0.05, 0) is 45.3 Å². The molecular weight excluding hydrogens is 388 g/mol. The van der Waals surface area contributed by atoms with Crippen molar-refractivity contribution in [1.82, 2.24) is 24.4 Å². The van der Waals surface area contributed by atoms with E-state index in [0.717, 1.165) is 0 Å². The van der Waals surface area contributed by atoms with Gasteiger partial charge in [0.25, 0.3) is 5.56 Å². The summed E-state index contributed by atoms with van der Waals surface area (Å²) in [6.45, 7) is 2.80. The number of imidazole rings is 1. The van der Waals surface area contributed by atoms with E-state index in [0.29, 0.717) is 30.0 Å². The Morgan fingerprint density at radius 3 is 2.67 bits per heavy atom. The van der Waals surface area contributed by atoms with Crippen molar-refractivity contribution < 1.29 is 14.3 Å². The number of benzene rings is 1. The maximum absolute atomic E-state index is 12.2. The molecule has 0 aliphatic carbocycles. The first kappa shape index (κ1) is 21.2. The number of fused-ring (bicyclic) bond motifs is 1. The number of likely N-dealkylation sites (N-methyl/N-ethyl adjacent to an activating group) is 1. The van der Waals surface area contributed by atoms with E-state index in [1.54, 1.807) is 28.8 Å². The van der Waals surface area contributed by atoms with E-state index in [9.17, 15) is 14.4 Å². The quantitative estimate of drug-likeness (QED) is 0.534. The standard InChI is InChI=1S/C20H24N6O4/c1-13(10-25(2)3)30-20(29)14-4-6-15(7-5-14)24-16(27)8-9-26-12-23-17-18(26)21-11-22-19(17)28/h4-7,11-13H,8-10H2,1-3H3,(H,24,27)(H,21,22,28). The number of amides is 1. The summed E-state index contributed by atoms with van der Waals surface area (Å²) >= 11 is 0. The van der Waals surface area contributed by atoms with E-state index in [1.807, 2.05) is 25.9 Å². The number of nitrogens with one attached hydrogen (secondary N) is 2. The minimum absolute atomic E-state index is 0.172. The van der Waals surface area contributed by atoms with Crippen molar-refractivity contribution in [2.75, 3.05) is 26.0 Å². The van der Waals surface area contributed by atoms with Crippen molar-refractivity contribution in [3.05, 3.63) is 52.8 Å². The molecule has 10 nitrogen and oxygen atoms in total. The predicted octanol–water partition coefficient (Wildman–Crippen LogP) is 1.26. The van der Waals surface area contributed by atoms with E-state index < -0.39 is 5.97 Å². The van der Waals surface area contributed by atoms with Crippen LogP contribution in [0.1, 0.15) is 23.7 Å². The Labute approximate surface area is 172 Å². The molecule has 2 aromatic heterocycles. The number of carbonyl (C=O) groups excluding carboxylic acids is 2. The molecular formula is C20H24N6O4. The number of anilines is 1. The number of aromatic nitrogens is 4. The summed E-state index contributed by atoms with van der Waals surface area (Å²) < 4.78 is 7.04. The number of nitrogens with zero attached hydrogens (tertiary/aromatic N) is 4. The zero-order valence-electron chi connectivity index (χ0n) is 17.1. The predicted molar refractivity (Wildman–Crippen MR) is 111 cm³/mol. The zero-order chi connectivity index (χ0) is 21.7. The molecule has 0 bridgehead atoms. The molecule has 2 heterocycles. The van der Waals surface area contributed by atoms with Gasteiger partial charge in [-0.25, -0.2) is 14.8 Å². The number of carbonyl (C=O) groups is 2. The van der Waals surface area contributed by atoms with E-state index in [4.69, 9.17) is 4.74 Å². The fraction of sp³-hybridized carbons (Fsp3) is 0.350. The molecule has 0 aliphatic heterocycles. The normalized spacial score (nSPS) is 12.1. The Bertz CT molecular complexity index is 1090. The summed E-state index contributed by atoms with van der Waals surface area (Å²) in [5.41, 5.74) is 1.33. The number of hydrogen-bond acceptors (Lipinski definition) is 7. The second kappa shape index (κ2) is 9.31. The summed E-state index contributed by atoms with van der Waals surface area (Å²) in [5, 5.41) is 2.78. The number of aryl methyl sites for hydroxylation is 1. The minimum atomic E-state index is -0.406. The van der Waals surface area contributed by atoms with Gasteiger partial charge in [0.05, 0.1) is 18.2 Å². The topological polar surface area (TPSA) is 122 Å². The summed E-state index contributed by atoms with van der Waals surface area (Å²) in [6.07, 6.45) is 2.73. The minimum Gasteiger partial charge on any atom is -0.458 e. The number of esters is 1. The number of H-pyrrole nitrogens is 1. The van der Waals surface area contributed by atoms with Crippen LogP contribution in [0.5, 0.6) is 0 Å². The molecule has 0 spiro atoms. The fourth-order valence-electron chi connectivity index (χ4n) is 2.99. The highest BCUT2D eigenvalue weighted by atomic mass is 16.5. The fourth-order valence-corrected chi connectivity index (χ4v) is 2.99. The third kappa shape index (κ3) is 5.29. The van der Waals surface area contributed by atoms with E-state index in [2.05, 4.69) is 20.3 Å². The Kier molecular flexibility index (Phi) is 6.58. The van der Waals surface area contributed by atoms with E-state index >= 15 is 0 Å². The number of aromatic amines is 1. The van der Waals surface area contributed by atoms with Crippen molar-refractivity contribution in [2.45, 2.75) is 26.0 Å². The summed E-state index contributed by atoms with van der Waals surface area (Å²) in [6, 6.07) is 6.53. The van der Waals surface area contributed by atoms with Crippen molar-refractivity contribution in [3.8, 4) is 0 Å². The number of hydrogen-bond donors (Lipinski definition) is 2. The monoisotopic (exact) mass is 412 g/mol. The van der Waals surface area contributed by atoms with Crippen LogP contribution in [-0.2, 0) is 16.1 Å². The van der Waals surface area contributed by atoms with Crippen molar-refractivity contribution in [2.24, 2.45) is 0 Å². The average molecular weight is 412 g/mol. The van der Waals surface area contributed by atoms with Gasteiger partial charge in [0.15, 0.2) is 11.2 Å². The molecule has 1 aromatic carbocycles. The Balaban J connectivity index is 1.53. The molecule has 3 aromatic rings. The third-order valence-electron chi connectivity index (χ3n) is 4.32. The van der Waals surface area contributed by atoms with Crippen LogP contribution in [-0.4, -0.2) is 63.0 Å². The molecule has 1 amide bonds. The molecule has 30 heavy (non-hydrogen) atoms. The zero-order valence-corrected chi connectivity index (χ0v) is 17.1. The van der Waals surface area contributed by atoms with Gasteiger partial charge in [0, 0.05) is 25.2 Å². The molecule has 10 heteroatoms. The molecule has 0 fully saturated rings. The Hall–Kier alpha value is -3.53.